The Labute approximate surface area is 130 Å². The molecule has 0 saturated heterocycles. The molecule has 6 nitrogen and oxygen atoms in total. The molecule has 0 saturated carbocycles. The maximum absolute atomic E-state index is 11.5. The zero-order chi connectivity index (χ0) is 18.9. The zero-order valence-electron chi connectivity index (χ0n) is 12.0. The first-order valence-corrected chi connectivity index (χ1v) is 9.20. The molecule has 0 heterocycles. The van der Waals surface area contributed by atoms with Crippen molar-refractivity contribution in [3.63, 3.8) is 0 Å². The summed E-state index contributed by atoms with van der Waals surface area (Å²) < 4.78 is 108. The molecule has 0 aliphatic rings. The van der Waals surface area contributed by atoms with Gasteiger partial charge in [0.25, 0.3) is 0 Å². The van der Waals surface area contributed by atoms with Crippen molar-refractivity contribution in [3.8, 4) is 0 Å². The number of unbranched alkanes of at least 4 members (excludes halogenated alkanes) is 4. The number of rotatable bonds is 7. The van der Waals surface area contributed by atoms with Gasteiger partial charge < -0.3 is 5.73 Å². The van der Waals surface area contributed by atoms with Crippen LogP contribution in [0.1, 0.15) is 39.0 Å². The van der Waals surface area contributed by atoms with Gasteiger partial charge in [0, 0.05) is 0 Å². The molecule has 0 aromatic rings. The second-order valence-corrected chi connectivity index (χ2v) is 7.79. The molecule has 0 spiro atoms. The predicted molar refractivity (Wildman–Crippen MR) is 70.9 cm³/mol. The summed E-state index contributed by atoms with van der Waals surface area (Å²) in [7, 11) is -13.2. The Balaban J connectivity index is 0. The van der Waals surface area contributed by atoms with E-state index >= 15 is 0 Å². The summed E-state index contributed by atoms with van der Waals surface area (Å²) >= 11 is 0. The van der Waals surface area contributed by atoms with E-state index in [1.807, 2.05) is 0 Å². The first-order chi connectivity index (χ1) is 10.1. The molecule has 142 valence electrons. The first-order valence-electron chi connectivity index (χ1n) is 6.23. The average molecular weight is 396 g/mol. The summed E-state index contributed by atoms with van der Waals surface area (Å²) in [6.45, 7) is 3.09. The van der Waals surface area contributed by atoms with Crippen LogP contribution >= 0.6 is 0 Å². The quantitative estimate of drug-likeness (QED) is 0.507. The van der Waals surface area contributed by atoms with E-state index < -0.39 is 35.2 Å². The van der Waals surface area contributed by atoms with Crippen LogP contribution in [0.5, 0.6) is 0 Å². The molecule has 0 aromatic carbocycles. The van der Waals surface area contributed by atoms with Gasteiger partial charge in [-0.1, -0.05) is 36.7 Å². The largest absolute Gasteiger partial charge is 0.512 e. The zero-order valence-corrected chi connectivity index (χ0v) is 13.7. The number of nitrogens with one attached hydrogen (secondary N) is 1. The van der Waals surface area contributed by atoms with Crippen LogP contribution in [0, 0.1) is 0 Å². The molecule has 3 N–H and O–H groups in total. The van der Waals surface area contributed by atoms with Crippen LogP contribution in [-0.2, 0) is 20.0 Å². The van der Waals surface area contributed by atoms with E-state index in [0.29, 0.717) is 0 Å². The molecule has 0 rings (SSSR count). The Hall–Kier alpha value is -0.600. The van der Waals surface area contributed by atoms with Crippen molar-refractivity contribution in [2.75, 3.05) is 6.54 Å². The van der Waals surface area contributed by atoms with E-state index in [9.17, 15) is 43.2 Å². The lowest BCUT2D eigenvalue weighted by Gasteiger charge is -2.11. The van der Waals surface area contributed by atoms with Gasteiger partial charge in [-0.05, 0) is 13.0 Å². The van der Waals surface area contributed by atoms with Crippen molar-refractivity contribution in [2.45, 2.75) is 50.0 Å². The number of alkyl halides is 6. The van der Waals surface area contributed by atoms with Crippen LogP contribution in [0.4, 0.5) is 26.3 Å². The van der Waals surface area contributed by atoms with Gasteiger partial charge in [0.1, 0.15) is 0 Å². The number of halogens is 6. The molecule has 14 heteroatoms. The van der Waals surface area contributed by atoms with Crippen molar-refractivity contribution >= 4 is 20.0 Å². The van der Waals surface area contributed by atoms with Crippen LogP contribution in [0.15, 0.2) is 0 Å². The fourth-order valence-electron chi connectivity index (χ4n) is 0.987. The third-order valence-corrected chi connectivity index (χ3v) is 5.11. The van der Waals surface area contributed by atoms with Crippen molar-refractivity contribution < 1.29 is 43.2 Å². The Bertz CT molecular complexity index is 479. The highest BCUT2D eigenvalue weighted by Crippen LogP contribution is 2.27. The maximum Gasteiger partial charge on any atom is 0.512 e. The molecular weight excluding hydrogens is 378 g/mol. The summed E-state index contributed by atoms with van der Waals surface area (Å²) in [4.78, 5) is 0. The predicted octanol–water partition coefficient (Wildman–Crippen LogP) is 2.19. The van der Waals surface area contributed by atoms with Crippen LogP contribution in [-0.4, -0.2) is 34.4 Å². The summed E-state index contributed by atoms with van der Waals surface area (Å²) in [6, 6.07) is 0. The molecular formula is C9H18F6N2O4S2. The topological polar surface area (TPSA) is 106 Å². The van der Waals surface area contributed by atoms with Gasteiger partial charge in [0.2, 0.25) is 0 Å². The number of sulfonamides is 2. The summed E-state index contributed by atoms with van der Waals surface area (Å²) in [6.07, 6.45) is 6.60. The number of hydrogen-bond donors (Lipinski definition) is 2. The number of nitrogens with two attached hydrogens (primary N) is 1. The van der Waals surface area contributed by atoms with Gasteiger partial charge in [0.05, 0.1) is 0 Å². The van der Waals surface area contributed by atoms with Gasteiger partial charge in [-0.15, -0.1) is 0 Å². The first kappa shape index (κ1) is 24.6. The second-order valence-electron chi connectivity index (χ2n) is 4.18. The van der Waals surface area contributed by atoms with Crippen molar-refractivity contribution in [1.29, 1.82) is 0 Å². The van der Waals surface area contributed by atoms with Gasteiger partial charge >= 0.3 is 31.1 Å². The average Bonchev–Trinajstić information content (AvgIpc) is 2.31. The third-order valence-electron chi connectivity index (χ3n) is 2.14. The van der Waals surface area contributed by atoms with E-state index in [1.54, 1.807) is 0 Å². The van der Waals surface area contributed by atoms with Gasteiger partial charge in [-0.3, -0.25) is 0 Å². The number of hydrogen-bond acceptors (Lipinski definition) is 5. The van der Waals surface area contributed by atoms with Crippen molar-refractivity contribution in [1.82, 2.24) is 4.13 Å². The molecule has 23 heavy (non-hydrogen) atoms. The monoisotopic (exact) mass is 396 g/mol. The molecule has 0 aromatic heterocycles. The molecule has 0 unspecified atom stereocenters. The molecule has 0 fully saturated rings. The molecule has 0 atom stereocenters. The van der Waals surface area contributed by atoms with E-state index in [4.69, 9.17) is 5.73 Å². The Kier molecular flexibility index (Phi) is 10.3. The Morgan fingerprint density at radius 2 is 1.13 bits per heavy atom. The van der Waals surface area contributed by atoms with E-state index in [2.05, 4.69) is 6.92 Å². The Morgan fingerprint density at radius 1 is 0.783 bits per heavy atom. The normalized spacial score (nSPS) is 13.4. The smallest absolute Gasteiger partial charge is 0.330 e. The highest BCUT2D eigenvalue weighted by molar-refractivity contribution is 8.05. The van der Waals surface area contributed by atoms with Crippen LogP contribution in [0.2, 0.25) is 0 Å². The standard InChI is InChI=1S/C7H17N.C2HF6NO4S2/c1-2-3-4-5-6-7-8;3-1(4,5)14(10,11)9-15(12,13)2(6,7)8/h2-8H2,1H3;9H. The van der Waals surface area contributed by atoms with Gasteiger partial charge in [-0.25, -0.2) is 16.8 Å². The van der Waals surface area contributed by atoms with E-state index in [-0.39, 0.29) is 0 Å². The third kappa shape index (κ3) is 9.99. The lowest BCUT2D eigenvalue weighted by atomic mass is 10.2. The summed E-state index contributed by atoms with van der Waals surface area (Å²) in [5, 5.41) is 0. The minimum absolute atomic E-state index is 0.493. The van der Waals surface area contributed by atoms with Crippen molar-refractivity contribution in [3.05, 3.63) is 0 Å². The van der Waals surface area contributed by atoms with Crippen molar-refractivity contribution in [2.24, 2.45) is 5.73 Å². The SMILES string of the molecule is CCCCCCCN.O=S(=O)(NS(=O)(=O)C(F)(F)F)C(F)(F)F. The maximum atomic E-state index is 11.5. The van der Waals surface area contributed by atoms with E-state index in [1.165, 1.54) is 32.1 Å². The minimum atomic E-state index is -6.60. The molecule has 0 radical (unpaired) electrons. The fourth-order valence-corrected chi connectivity index (χ4v) is 2.90. The highest BCUT2D eigenvalue weighted by Gasteiger charge is 2.55. The molecule has 0 bridgehead atoms. The highest BCUT2D eigenvalue weighted by atomic mass is 32.3. The van der Waals surface area contributed by atoms with Gasteiger partial charge in [-0.2, -0.15) is 26.3 Å². The minimum Gasteiger partial charge on any atom is -0.330 e. The fraction of sp³-hybridized carbons (Fsp3) is 1.00. The summed E-state index contributed by atoms with van der Waals surface area (Å²) in [5.74, 6) is 0. The van der Waals surface area contributed by atoms with Crippen LogP contribution in [0.3, 0.4) is 0 Å². The Morgan fingerprint density at radius 3 is 1.39 bits per heavy atom. The van der Waals surface area contributed by atoms with Gasteiger partial charge in [0.15, 0.2) is 0 Å². The molecule has 0 aliphatic carbocycles. The molecule has 0 aliphatic heterocycles. The van der Waals surface area contributed by atoms with E-state index in [0.717, 1.165) is 6.54 Å². The second kappa shape index (κ2) is 9.64. The summed E-state index contributed by atoms with van der Waals surface area (Å²) in [5.41, 5.74) is -6.98. The lowest BCUT2D eigenvalue weighted by molar-refractivity contribution is -0.0476. The van der Waals surface area contributed by atoms with Crippen LogP contribution in [0.25, 0.3) is 0 Å². The molecule has 0 amide bonds. The lowest BCUT2D eigenvalue weighted by Crippen LogP contribution is -2.45. The van der Waals surface area contributed by atoms with Crippen LogP contribution < -0.4 is 9.86 Å².